The van der Waals surface area contributed by atoms with Crippen LogP contribution in [-0.2, 0) is 9.53 Å². The lowest BCUT2D eigenvalue weighted by molar-refractivity contribution is -0.153. The summed E-state index contributed by atoms with van der Waals surface area (Å²) in [5, 5.41) is 2.51. The summed E-state index contributed by atoms with van der Waals surface area (Å²) in [6, 6.07) is 7.84. The molecule has 136 valence electrons. The normalized spacial score (nSPS) is 11.3. The maximum Gasteiger partial charge on any atom is 0.311 e. The summed E-state index contributed by atoms with van der Waals surface area (Å²) in [6.45, 7) is 6.73. The second kappa shape index (κ2) is 8.85. The second-order valence-electron chi connectivity index (χ2n) is 6.51. The average Bonchev–Trinajstić information content (AvgIpc) is 3.02. The first kappa shape index (κ1) is 19.2. The van der Waals surface area contributed by atoms with Crippen LogP contribution >= 0.6 is 11.3 Å². The van der Waals surface area contributed by atoms with Crippen LogP contribution in [0.3, 0.4) is 0 Å². The monoisotopic (exact) mass is 362 g/mol. The molecule has 25 heavy (non-hydrogen) atoms. The SMILES string of the molecule is CCOC(=O)C(C)(C)CCCCOc1ccc(-c2csc(N)n2)cc1. The molecule has 0 unspecified atom stereocenters. The quantitative estimate of drug-likeness (QED) is 0.524. The molecule has 0 aliphatic rings. The smallest absolute Gasteiger partial charge is 0.311 e. The highest BCUT2D eigenvalue weighted by molar-refractivity contribution is 7.13. The number of nitrogens with zero attached hydrogens (tertiary/aromatic N) is 1. The molecule has 1 aromatic heterocycles. The number of carbonyl (C=O) groups is 1. The maximum absolute atomic E-state index is 11.8. The zero-order valence-corrected chi connectivity index (χ0v) is 15.9. The standard InChI is InChI=1S/C19H26N2O3S/c1-4-23-17(22)19(2,3)11-5-6-12-24-15-9-7-14(8-10-15)16-13-25-18(20)21-16/h7-10,13H,4-6,11-12H2,1-3H3,(H2,20,21). The van der Waals surface area contributed by atoms with Crippen molar-refractivity contribution in [1.29, 1.82) is 0 Å². The predicted molar refractivity (Wildman–Crippen MR) is 102 cm³/mol. The van der Waals surface area contributed by atoms with Crippen LogP contribution in [0.1, 0.15) is 40.0 Å². The molecule has 1 heterocycles. The number of hydrogen-bond donors (Lipinski definition) is 1. The largest absolute Gasteiger partial charge is 0.494 e. The summed E-state index contributed by atoms with van der Waals surface area (Å²) in [5.41, 5.74) is 7.13. The number of nitrogen functional groups attached to an aromatic ring is 1. The van der Waals surface area contributed by atoms with Gasteiger partial charge in [0, 0.05) is 10.9 Å². The molecule has 2 aromatic rings. The van der Waals surface area contributed by atoms with Crippen molar-refractivity contribution in [3.63, 3.8) is 0 Å². The highest BCUT2D eigenvalue weighted by Gasteiger charge is 2.28. The van der Waals surface area contributed by atoms with E-state index in [0.29, 0.717) is 18.3 Å². The Labute approximate surface area is 153 Å². The molecule has 2 rings (SSSR count). The van der Waals surface area contributed by atoms with E-state index >= 15 is 0 Å². The Morgan fingerprint density at radius 3 is 2.56 bits per heavy atom. The summed E-state index contributed by atoms with van der Waals surface area (Å²) in [5.74, 6) is 0.700. The number of aromatic nitrogens is 1. The number of rotatable bonds is 9. The van der Waals surface area contributed by atoms with E-state index in [4.69, 9.17) is 15.2 Å². The highest BCUT2D eigenvalue weighted by Crippen LogP contribution is 2.26. The van der Waals surface area contributed by atoms with Gasteiger partial charge in [0.2, 0.25) is 0 Å². The van der Waals surface area contributed by atoms with Crippen LogP contribution in [0.4, 0.5) is 5.13 Å². The van der Waals surface area contributed by atoms with Gasteiger partial charge in [0.25, 0.3) is 0 Å². The molecule has 0 aliphatic carbocycles. The zero-order chi connectivity index (χ0) is 18.3. The lowest BCUT2D eigenvalue weighted by Crippen LogP contribution is -2.26. The third kappa shape index (κ3) is 5.74. The molecule has 0 fully saturated rings. The highest BCUT2D eigenvalue weighted by atomic mass is 32.1. The first-order chi connectivity index (χ1) is 11.9. The Morgan fingerprint density at radius 2 is 1.96 bits per heavy atom. The maximum atomic E-state index is 11.8. The van der Waals surface area contributed by atoms with Crippen LogP contribution in [0, 0.1) is 5.41 Å². The number of carbonyl (C=O) groups excluding carboxylic acids is 1. The Hall–Kier alpha value is -2.08. The van der Waals surface area contributed by atoms with Crippen LogP contribution in [0.5, 0.6) is 5.75 Å². The van der Waals surface area contributed by atoms with Gasteiger partial charge in [-0.15, -0.1) is 11.3 Å². The Balaban J connectivity index is 1.72. The number of anilines is 1. The minimum atomic E-state index is -0.437. The first-order valence-electron chi connectivity index (χ1n) is 8.54. The fraction of sp³-hybridized carbons (Fsp3) is 0.474. The lowest BCUT2D eigenvalue weighted by atomic mass is 9.87. The van der Waals surface area contributed by atoms with E-state index in [1.807, 2.05) is 50.4 Å². The summed E-state index contributed by atoms with van der Waals surface area (Å²) < 4.78 is 10.9. The van der Waals surface area contributed by atoms with Crippen LogP contribution in [0.15, 0.2) is 29.6 Å². The van der Waals surface area contributed by atoms with Gasteiger partial charge in [0.1, 0.15) is 5.75 Å². The van der Waals surface area contributed by atoms with Crippen molar-refractivity contribution in [2.75, 3.05) is 18.9 Å². The van der Waals surface area contributed by atoms with E-state index in [1.54, 1.807) is 0 Å². The Kier molecular flexibility index (Phi) is 6.82. The molecule has 1 aromatic carbocycles. The third-order valence-corrected chi connectivity index (χ3v) is 4.64. The fourth-order valence-corrected chi connectivity index (χ4v) is 3.00. The molecule has 0 spiro atoms. The minimum absolute atomic E-state index is 0.130. The summed E-state index contributed by atoms with van der Waals surface area (Å²) >= 11 is 1.43. The molecule has 2 N–H and O–H groups in total. The molecule has 5 nitrogen and oxygen atoms in total. The van der Waals surface area contributed by atoms with Crippen molar-refractivity contribution >= 4 is 22.4 Å². The van der Waals surface area contributed by atoms with Gasteiger partial charge in [-0.2, -0.15) is 0 Å². The molecule has 0 aliphatic heterocycles. The van der Waals surface area contributed by atoms with Gasteiger partial charge in [-0.1, -0.05) is 0 Å². The molecule has 0 saturated carbocycles. The van der Waals surface area contributed by atoms with Crippen molar-refractivity contribution in [3.8, 4) is 17.0 Å². The number of benzene rings is 1. The zero-order valence-electron chi connectivity index (χ0n) is 15.1. The van der Waals surface area contributed by atoms with Crippen molar-refractivity contribution in [2.24, 2.45) is 5.41 Å². The average molecular weight is 362 g/mol. The molecule has 0 bridgehead atoms. The Morgan fingerprint density at radius 1 is 1.24 bits per heavy atom. The van der Waals surface area contributed by atoms with Gasteiger partial charge in [0.05, 0.1) is 24.3 Å². The summed E-state index contributed by atoms with van der Waals surface area (Å²) in [4.78, 5) is 16.1. The number of esters is 1. The molecule has 0 radical (unpaired) electrons. The number of hydrogen-bond acceptors (Lipinski definition) is 6. The van der Waals surface area contributed by atoms with Gasteiger partial charge >= 0.3 is 5.97 Å². The van der Waals surface area contributed by atoms with Crippen LogP contribution in [-0.4, -0.2) is 24.2 Å². The number of unbranched alkanes of at least 4 members (excludes halogenated alkanes) is 1. The van der Waals surface area contributed by atoms with E-state index in [2.05, 4.69) is 4.98 Å². The molecular weight excluding hydrogens is 336 g/mol. The molecule has 0 saturated heterocycles. The lowest BCUT2D eigenvalue weighted by Gasteiger charge is -2.21. The van der Waals surface area contributed by atoms with E-state index in [1.165, 1.54) is 11.3 Å². The van der Waals surface area contributed by atoms with Gasteiger partial charge < -0.3 is 15.2 Å². The topological polar surface area (TPSA) is 74.4 Å². The van der Waals surface area contributed by atoms with Crippen LogP contribution < -0.4 is 10.5 Å². The summed E-state index contributed by atoms with van der Waals surface area (Å²) in [6.07, 6.45) is 2.61. The number of nitrogens with two attached hydrogens (primary N) is 1. The van der Waals surface area contributed by atoms with Gasteiger partial charge in [-0.05, 0) is 64.3 Å². The second-order valence-corrected chi connectivity index (χ2v) is 7.39. The number of ether oxygens (including phenoxy) is 2. The van der Waals surface area contributed by atoms with Crippen molar-refractivity contribution in [1.82, 2.24) is 4.98 Å². The van der Waals surface area contributed by atoms with Gasteiger partial charge in [-0.3, -0.25) is 4.79 Å². The van der Waals surface area contributed by atoms with Crippen LogP contribution in [0.2, 0.25) is 0 Å². The van der Waals surface area contributed by atoms with Crippen molar-refractivity contribution in [2.45, 2.75) is 40.0 Å². The van der Waals surface area contributed by atoms with Crippen LogP contribution in [0.25, 0.3) is 11.3 Å². The fourth-order valence-electron chi connectivity index (χ4n) is 2.43. The van der Waals surface area contributed by atoms with E-state index in [9.17, 15) is 4.79 Å². The molecule has 0 amide bonds. The molecular formula is C19H26N2O3S. The van der Waals surface area contributed by atoms with Gasteiger partial charge in [0.15, 0.2) is 5.13 Å². The molecule has 6 heteroatoms. The van der Waals surface area contributed by atoms with Crippen molar-refractivity contribution in [3.05, 3.63) is 29.6 Å². The Bertz CT molecular complexity index is 680. The minimum Gasteiger partial charge on any atom is -0.494 e. The van der Waals surface area contributed by atoms with E-state index in [-0.39, 0.29) is 5.97 Å². The first-order valence-corrected chi connectivity index (χ1v) is 9.42. The van der Waals surface area contributed by atoms with E-state index < -0.39 is 5.41 Å². The predicted octanol–water partition coefficient (Wildman–Crippen LogP) is 4.53. The number of thiazole rings is 1. The third-order valence-electron chi connectivity index (χ3n) is 3.96. The van der Waals surface area contributed by atoms with Gasteiger partial charge in [-0.25, -0.2) is 4.98 Å². The summed E-state index contributed by atoms with van der Waals surface area (Å²) in [7, 11) is 0. The van der Waals surface area contributed by atoms with Crippen molar-refractivity contribution < 1.29 is 14.3 Å². The molecule has 0 atom stereocenters. The van der Waals surface area contributed by atoms with E-state index in [0.717, 1.165) is 36.3 Å².